The summed E-state index contributed by atoms with van der Waals surface area (Å²) in [6, 6.07) is 12.1. The topological polar surface area (TPSA) is 17.0 Å². The van der Waals surface area contributed by atoms with Gasteiger partial charge in [0.15, 0.2) is 0 Å². The van der Waals surface area contributed by atoms with E-state index in [0.717, 1.165) is 27.1 Å². The quantitative estimate of drug-likeness (QED) is 0.429. The van der Waals surface area contributed by atoms with Crippen molar-refractivity contribution in [1.29, 1.82) is 0 Å². The second-order valence-corrected chi connectivity index (χ2v) is 8.95. The number of fused-ring (bicyclic) bond motifs is 3. The predicted molar refractivity (Wildman–Crippen MR) is 111 cm³/mol. The zero-order valence-electron chi connectivity index (χ0n) is 14.0. The summed E-state index contributed by atoms with van der Waals surface area (Å²) in [7, 11) is 0. The monoisotopic (exact) mass is 406 g/mol. The molecule has 0 fully saturated rings. The van der Waals surface area contributed by atoms with E-state index < -0.39 is 0 Å². The highest BCUT2D eigenvalue weighted by atomic mass is 35.5. The van der Waals surface area contributed by atoms with Gasteiger partial charge in [-0.1, -0.05) is 59.1 Å². The Kier molecular flexibility index (Phi) is 4.00. The maximum atomic E-state index is 6.21. The Bertz CT molecular complexity index is 1060. The molecule has 0 bridgehead atoms. The first-order valence-electron chi connectivity index (χ1n) is 7.89. The molecule has 0 saturated carbocycles. The molecule has 6 heteroatoms. The Labute approximate surface area is 166 Å². The minimum absolute atomic E-state index is 0.199. The van der Waals surface area contributed by atoms with E-state index in [0.29, 0.717) is 10.0 Å². The summed E-state index contributed by atoms with van der Waals surface area (Å²) >= 11 is 19.8. The molecule has 1 N–H and O–H groups in total. The van der Waals surface area contributed by atoms with Gasteiger partial charge in [-0.15, -0.1) is 0 Å². The number of hydrogen-bond acceptors (Lipinski definition) is 3. The van der Waals surface area contributed by atoms with Gasteiger partial charge in [0.05, 0.1) is 26.1 Å². The molecule has 2 heterocycles. The molecule has 0 amide bonds. The highest BCUT2D eigenvalue weighted by Crippen LogP contribution is 2.47. The number of halogens is 2. The van der Waals surface area contributed by atoms with Crippen LogP contribution in [0.2, 0.25) is 10.0 Å². The standard InChI is InChI=1S/C19H16Cl2N2S2/c1-10-4-6-12-15(8-10)22-19(2,3)17-16(12)18(24)23(25-17)11-5-7-13(20)14(21)9-11/h4-9,22H,1-3H3. The van der Waals surface area contributed by atoms with E-state index in [1.54, 1.807) is 17.6 Å². The summed E-state index contributed by atoms with van der Waals surface area (Å²) in [5.74, 6) is 0. The molecule has 1 aliphatic heterocycles. The third kappa shape index (κ3) is 2.72. The van der Waals surface area contributed by atoms with E-state index in [1.807, 2.05) is 12.1 Å². The molecule has 0 aliphatic carbocycles. The molecule has 2 nitrogen and oxygen atoms in total. The molecule has 2 aromatic carbocycles. The number of aryl methyl sites for hydroxylation is 1. The highest BCUT2D eigenvalue weighted by molar-refractivity contribution is 7.71. The van der Waals surface area contributed by atoms with E-state index >= 15 is 0 Å². The van der Waals surface area contributed by atoms with Crippen molar-refractivity contribution in [2.75, 3.05) is 5.32 Å². The van der Waals surface area contributed by atoms with Crippen LogP contribution >= 0.6 is 47.0 Å². The fourth-order valence-electron chi connectivity index (χ4n) is 3.20. The molecule has 128 valence electrons. The summed E-state index contributed by atoms with van der Waals surface area (Å²) in [5.41, 5.74) is 5.37. The van der Waals surface area contributed by atoms with E-state index in [4.69, 9.17) is 35.4 Å². The summed E-state index contributed by atoms with van der Waals surface area (Å²) in [5, 5.41) is 4.72. The zero-order valence-corrected chi connectivity index (χ0v) is 17.1. The van der Waals surface area contributed by atoms with E-state index in [-0.39, 0.29) is 5.54 Å². The molecule has 1 aromatic heterocycles. The largest absolute Gasteiger partial charge is 0.375 e. The molecule has 0 atom stereocenters. The summed E-state index contributed by atoms with van der Waals surface area (Å²) < 4.78 is 2.86. The molecular weight excluding hydrogens is 391 g/mol. The van der Waals surface area contributed by atoms with Crippen LogP contribution in [0.25, 0.3) is 16.8 Å². The van der Waals surface area contributed by atoms with Gasteiger partial charge < -0.3 is 5.32 Å². The van der Waals surface area contributed by atoms with Crippen LogP contribution < -0.4 is 5.32 Å². The Balaban J connectivity index is 2.00. The van der Waals surface area contributed by atoms with Crippen LogP contribution in [-0.2, 0) is 5.54 Å². The van der Waals surface area contributed by atoms with E-state index in [1.165, 1.54) is 10.4 Å². The van der Waals surface area contributed by atoms with Gasteiger partial charge in [0.2, 0.25) is 0 Å². The average Bonchev–Trinajstić information content (AvgIpc) is 2.88. The molecular formula is C19H16Cl2N2S2. The van der Waals surface area contributed by atoms with Crippen molar-refractivity contribution in [2.24, 2.45) is 0 Å². The lowest BCUT2D eigenvalue weighted by Gasteiger charge is -2.33. The SMILES string of the molecule is Cc1ccc2c(c1)NC(C)(C)c1sn(-c3ccc(Cl)c(Cl)c3)c(=S)c1-2. The van der Waals surface area contributed by atoms with Crippen molar-refractivity contribution in [3.05, 3.63) is 61.5 Å². The second kappa shape index (κ2) is 5.85. The molecule has 25 heavy (non-hydrogen) atoms. The van der Waals surface area contributed by atoms with Crippen LogP contribution in [0.15, 0.2) is 36.4 Å². The van der Waals surface area contributed by atoms with Gasteiger partial charge in [-0.3, -0.25) is 3.96 Å². The second-order valence-electron chi connectivity index (χ2n) is 6.79. The van der Waals surface area contributed by atoms with Gasteiger partial charge in [0.1, 0.15) is 4.64 Å². The van der Waals surface area contributed by atoms with Crippen LogP contribution in [0.1, 0.15) is 24.3 Å². The van der Waals surface area contributed by atoms with Gasteiger partial charge in [0.25, 0.3) is 0 Å². The number of nitrogens with zero attached hydrogens (tertiary/aromatic N) is 1. The maximum absolute atomic E-state index is 6.21. The van der Waals surface area contributed by atoms with Crippen LogP contribution in [-0.4, -0.2) is 3.96 Å². The van der Waals surface area contributed by atoms with Crippen LogP contribution in [0.3, 0.4) is 0 Å². The number of nitrogens with one attached hydrogen (secondary N) is 1. The number of hydrogen-bond donors (Lipinski definition) is 1. The lowest BCUT2D eigenvalue weighted by Crippen LogP contribution is -2.30. The van der Waals surface area contributed by atoms with Crippen molar-refractivity contribution in [1.82, 2.24) is 3.96 Å². The highest BCUT2D eigenvalue weighted by Gasteiger charge is 2.34. The smallest absolute Gasteiger partial charge is 0.129 e. The van der Waals surface area contributed by atoms with Crippen molar-refractivity contribution < 1.29 is 0 Å². The molecule has 0 spiro atoms. The number of aromatic nitrogens is 1. The lowest BCUT2D eigenvalue weighted by atomic mass is 9.89. The first kappa shape index (κ1) is 17.1. The third-order valence-electron chi connectivity index (χ3n) is 4.40. The maximum Gasteiger partial charge on any atom is 0.129 e. The Morgan fingerprint density at radius 2 is 1.84 bits per heavy atom. The lowest BCUT2D eigenvalue weighted by molar-refractivity contribution is 0.620. The normalized spacial score (nSPS) is 14.6. The molecule has 0 saturated heterocycles. The van der Waals surface area contributed by atoms with Crippen molar-refractivity contribution in [2.45, 2.75) is 26.3 Å². The van der Waals surface area contributed by atoms with Crippen molar-refractivity contribution in [3.63, 3.8) is 0 Å². The predicted octanol–water partition coefficient (Wildman–Crippen LogP) is 7.21. The Morgan fingerprint density at radius 3 is 2.56 bits per heavy atom. The van der Waals surface area contributed by atoms with Crippen LogP contribution in [0.4, 0.5) is 5.69 Å². The third-order valence-corrected chi connectivity index (χ3v) is 7.12. The van der Waals surface area contributed by atoms with Gasteiger partial charge in [-0.25, -0.2) is 0 Å². The molecule has 4 rings (SSSR count). The number of anilines is 1. The average molecular weight is 407 g/mol. The molecule has 1 aliphatic rings. The van der Waals surface area contributed by atoms with Crippen molar-refractivity contribution in [3.8, 4) is 16.8 Å². The minimum Gasteiger partial charge on any atom is -0.375 e. The Morgan fingerprint density at radius 1 is 1.08 bits per heavy atom. The van der Waals surface area contributed by atoms with Gasteiger partial charge in [0, 0.05) is 16.8 Å². The van der Waals surface area contributed by atoms with E-state index in [2.05, 4.69) is 48.2 Å². The van der Waals surface area contributed by atoms with Gasteiger partial charge >= 0.3 is 0 Å². The van der Waals surface area contributed by atoms with Gasteiger partial charge in [-0.05, 0) is 50.6 Å². The number of rotatable bonds is 1. The first-order chi connectivity index (χ1) is 11.8. The van der Waals surface area contributed by atoms with Crippen molar-refractivity contribution >= 4 is 52.6 Å². The van der Waals surface area contributed by atoms with Crippen LogP contribution in [0, 0.1) is 11.6 Å². The van der Waals surface area contributed by atoms with E-state index in [9.17, 15) is 0 Å². The summed E-state index contributed by atoms with van der Waals surface area (Å²) in [6.45, 7) is 6.46. The van der Waals surface area contributed by atoms with Gasteiger partial charge in [-0.2, -0.15) is 0 Å². The molecule has 0 radical (unpaired) electrons. The fraction of sp³-hybridized carbons (Fsp3) is 0.211. The summed E-state index contributed by atoms with van der Waals surface area (Å²) in [4.78, 5) is 1.22. The summed E-state index contributed by atoms with van der Waals surface area (Å²) in [6.07, 6.45) is 0. The minimum atomic E-state index is -0.199. The Hall–Kier alpha value is -1.33. The first-order valence-corrected chi connectivity index (χ1v) is 9.83. The molecule has 3 aromatic rings. The zero-order chi connectivity index (χ0) is 17.9. The van der Waals surface area contributed by atoms with Crippen LogP contribution in [0.5, 0.6) is 0 Å². The number of benzene rings is 2. The fourth-order valence-corrected chi connectivity index (χ4v) is 5.13. The molecule has 0 unspecified atom stereocenters.